The number of hydrogen-bond acceptors (Lipinski definition) is 3. The summed E-state index contributed by atoms with van der Waals surface area (Å²) in [6, 6.07) is 4.63. The molecule has 0 amide bonds. The van der Waals surface area contributed by atoms with Gasteiger partial charge in [-0.1, -0.05) is 29.3 Å². The van der Waals surface area contributed by atoms with Crippen molar-refractivity contribution in [2.75, 3.05) is 11.3 Å². The van der Waals surface area contributed by atoms with E-state index >= 15 is 0 Å². The van der Waals surface area contributed by atoms with Crippen LogP contribution in [-0.2, 0) is 10.0 Å². The van der Waals surface area contributed by atoms with Gasteiger partial charge in [-0.15, -0.1) is 0 Å². The summed E-state index contributed by atoms with van der Waals surface area (Å²) >= 11 is 11.6. The number of halogens is 2. The maximum absolute atomic E-state index is 11.6. The van der Waals surface area contributed by atoms with Gasteiger partial charge in [0.2, 0.25) is 10.0 Å². The minimum absolute atomic E-state index is 0.137. The molecule has 1 aromatic carbocycles. The summed E-state index contributed by atoms with van der Waals surface area (Å²) in [7, 11) is -3.65. The number of sulfonamides is 1. The second-order valence-corrected chi connectivity index (χ2v) is 6.13. The number of anilines is 1. The fourth-order valence-corrected chi connectivity index (χ4v) is 2.21. The number of nitrogens with one attached hydrogen (secondary N) is 1. The highest BCUT2D eigenvalue weighted by molar-refractivity contribution is 7.93. The Morgan fingerprint density at radius 3 is 2.62 bits per heavy atom. The van der Waals surface area contributed by atoms with E-state index < -0.39 is 21.9 Å². The van der Waals surface area contributed by atoms with Crippen LogP contribution in [0.4, 0.5) is 5.69 Å². The zero-order chi connectivity index (χ0) is 12.3. The molecule has 0 aliphatic heterocycles. The van der Waals surface area contributed by atoms with E-state index in [1.165, 1.54) is 13.0 Å². The van der Waals surface area contributed by atoms with E-state index in [-0.39, 0.29) is 15.7 Å². The lowest BCUT2D eigenvalue weighted by atomic mass is 10.3. The molecule has 0 aromatic heterocycles. The average molecular weight is 284 g/mol. The fourth-order valence-electron chi connectivity index (χ4n) is 0.935. The van der Waals surface area contributed by atoms with Crippen LogP contribution in [0, 0.1) is 0 Å². The minimum atomic E-state index is -3.65. The standard InChI is InChI=1S/C9H11Cl2NO3S/c1-6(5-13)16(14,15)12-8-4-2-3-7(10)9(8)11/h2-4,6,12-13H,5H2,1H3. The molecule has 4 nitrogen and oxygen atoms in total. The highest BCUT2D eigenvalue weighted by atomic mass is 35.5. The second kappa shape index (κ2) is 5.23. The Morgan fingerprint density at radius 2 is 2.06 bits per heavy atom. The molecule has 0 heterocycles. The number of rotatable bonds is 4. The van der Waals surface area contributed by atoms with Crippen molar-refractivity contribution in [3.63, 3.8) is 0 Å². The van der Waals surface area contributed by atoms with Crippen molar-refractivity contribution >= 4 is 38.9 Å². The van der Waals surface area contributed by atoms with Crippen LogP contribution in [-0.4, -0.2) is 25.4 Å². The maximum atomic E-state index is 11.6. The van der Waals surface area contributed by atoms with Gasteiger partial charge in [0.15, 0.2) is 0 Å². The SMILES string of the molecule is CC(CO)S(=O)(=O)Nc1cccc(Cl)c1Cl. The van der Waals surface area contributed by atoms with E-state index in [1.807, 2.05) is 0 Å². The Hall–Kier alpha value is -0.490. The molecule has 90 valence electrons. The van der Waals surface area contributed by atoms with Crippen molar-refractivity contribution in [3.05, 3.63) is 28.2 Å². The molecule has 1 rings (SSSR count). The van der Waals surface area contributed by atoms with Crippen LogP contribution in [0.1, 0.15) is 6.92 Å². The van der Waals surface area contributed by atoms with Crippen LogP contribution in [0.5, 0.6) is 0 Å². The molecule has 0 saturated heterocycles. The maximum Gasteiger partial charge on any atom is 0.237 e. The smallest absolute Gasteiger partial charge is 0.237 e. The molecule has 2 N–H and O–H groups in total. The largest absolute Gasteiger partial charge is 0.395 e. The Bertz CT molecular complexity index is 476. The van der Waals surface area contributed by atoms with Crippen molar-refractivity contribution in [1.29, 1.82) is 0 Å². The van der Waals surface area contributed by atoms with Gasteiger partial charge in [-0.3, -0.25) is 4.72 Å². The molecule has 0 saturated carbocycles. The molecule has 0 aliphatic rings. The van der Waals surface area contributed by atoms with E-state index in [9.17, 15) is 8.42 Å². The summed E-state index contributed by atoms with van der Waals surface area (Å²) in [6.45, 7) is 0.925. The van der Waals surface area contributed by atoms with E-state index in [0.29, 0.717) is 0 Å². The van der Waals surface area contributed by atoms with E-state index in [2.05, 4.69) is 4.72 Å². The number of benzene rings is 1. The number of aliphatic hydroxyl groups is 1. The van der Waals surface area contributed by atoms with Gasteiger partial charge >= 0.3 is 0 Å². The molecule has 0 aliphatic carbocycles. The van der Waals surface area contributed by atoms with Gasteiger partial charge in [-0.05, 0) is 19.1 Å². The minimum Gasteiger partial charge on any atom is -0.395 e. The van der Waals surface area contributed by atoms with Gasteiger partial charge in [0.25, 0.3) is 0 Å². The molecule has 1 aromatic rings. The Kier molecular flexibility index (Phi) is 4.43. The quantitative estimate of drug-likeness (QED) is 0.890. The van der Waals surface area contributed by atoms with Crippen LogP contribution in [0.2, 0.25) is 10.0 Å². The first-order valence-corrected chi connectivity index (χ1v) is 6.75. The molecule has 1 unspecified atom stereocenters. The van der Waals surface area contributed by atoms with E-state index in [0.717, 1.165) is 0 Å². The summed E-state index contributed by atoms with van der Waals surface area (Å²) in [5, 5.41) is 8.28. The van der Waals surface area contributed by atoms with Gasteiger partial charge in [-0.2, -0.15) is 0 Å². The summed E-state index contributed by atoms with van der Waals surface area (Å²) in [4.78, 5) is 0. The first kappa shape index (κ1) is 13.6. The lowest BCUT2D eigenvalue weighted by Gasteiger charge is -2.13. The number of aliphatic hydroxyl groups excluding tert-OH is 1. The van der Waals surface area contributed by atoms with E-state index in [4.69, 9.17) is 28.3 Å². The lowest BCUT2D eigenvalue weighted by Crippen LogP contribution is -2.28. The fraction of sp³-hybridized carbons (Fsp3) is 0.333. The van der Waals surface area contributed by atoms with Crippen molar-refractivity contribution < 1.29 is 13.5 Å². The molecule has 0 fully saturated rings. The Morgan fingerprint density at radius 1 is 1.44 bits per heavy atom. The summed E-state index contributed by atoms with van der Waals surface area (Å²) in [6.07, 6.45) is 0. The first-order chi connectivity index (χ1) is 7.38. The monoisotopic (exact) mass is 283 g/mol. The molecule has 0 spiro atoms. The highest BCUT2D eigenvalue weighted by Gasteiger charge is 2.21. The Labute approximate surface area is 104 Å². The van der Waals surface area contributed by atoms with Crippen LogP contribution in [0.25, 0.3) is 0 Å². The lowest BCUT2D eigenvalue weighted by molar-refractivity contribution is 0.296. The average Bonchev–Trinajstić information content (AvgIpc) is 2.23. The Balaban J connectivity index is 3.02. The van der Waals surface area contributed by atoms with Crippen molar-refractivity contribution in [2.45, 2.75) is 12.2 Å². The topological polar surface area (TPSA) is 66.4 Å². The highest BCUT2D eigenvalue weighted by Crippen LogP contribution is 2.30. The molecule has 0 radical (unpaired) electrons. The van der Waals surface area contributed by atoms with Crippen molar-refractivity contribution in [2.24, 2.45) is 0 Å². The normalized spacial score (nSPS) is 13.5. The molecule has 0 bridgehead atoms. The third-order valence-corrected chi connectivity index (χ3v) is 4.52. The van der Waals surface area contributed by atoms with Crippen molar-refractivity contribution in [1.82, 2.24) is 0 Å². The predicted molar refractivity (Wildman–Crippen MR) is 65.6 cm³/mol. The molecular weight excluding hydrogens is 273 g/mol. The summed E-state index contributed by atoms with van der Waals surface area (Å²) in [5.41, 5.74) is 0.203. The van der Waals surface area contributed by atoms with E-state index in [1.54, 1.807) is 12.1 Å². The summed E-state index contributed by atoms with van der Waals surface area (Å²) in [5.74, 6) is 0. The first-order valence-electron chi connectivity index (χ1n) is 4.45. The van der Waals surface area contributed by atoms with Gasteiger partial charge in [0, 0.05) is 0 Å². The second-order valence-electron chi connectivity index (χ2n) is 3.24. The zero-order valence-electron chi connectivity index (χ0n) is 8.44. The van der Waals surface area contributed by atoms with Gasteiger partial charge in [0.1, 0.15) is 5.25 Å². The van der Waals surface area contributed by atoms with Gasteiger partial charge in [0.05, 0.1) is 22.3 Å². The van der Waals surface area contributed by atoms with Crippen molar-refractivity contribution in [3.8, 4) is 0 Å². The third kappa shape index (κ3) is 3.01. The summed E-state index contributed by atoms with van der Waals surface area (Å²) < 4.78 is 25.5. The molecular formula is C9H11Cl2NO3S. The van der Waals surface area contributed by atoms with Gasteiger partial charge in [-0.25, -0.2) is 8.42 Å². The third-order valence-electron chi connectivity index (χ3n) is 1.99. The van der Waals surface area contributed by atoms with Crippen LogP contribution in [0.15, 0.2) is 18.2 Å². The zero-order valence-corrected chi connectivity index (χ0v) is 10.8. The molecule has 1 atom stereocenters. The number of hydrogen-bond donors (Lipinski definition) is 2. The van der Waals surface area contributed by atoms with Crippen LogP contribution >= 0.6 is 23.2 Å². The van der Waals surface area contributed by atoms with Crippen LogP contribution < -0.4 is 4.72 Å². The van der Waals surface area contributed by atoms with Crippen LogP contribution in [0.3, 0.4) is 0 Å². The molecule has 16 heavy (non-hydrogen) atoms. The molecule has 7 heteroatoms. The van der Waals surface area contributed by atoms with Gasteiger partial charge < -0.3 is 5.11 Å². The predicted octanol–water partition coefficient (Wildman–Crippen LogP) is 2.12.